The maximum atomic E-state index is 11.9. The molecule has 0 spiro atoms. The highest BCUT2D eigenvalue weighted by Crippen LogP contribution is 2.11. The zero-order valence-corrected chi connectivity index (χ0v) is 14.4. The molecule has 1 saturated heterocycles. The number of rotatable bonds is 4. The summed E-state index contributed by atoms with van der Waals surface area (Å²) in [6.07, 6.45) is -0.249. The lowest BCUT2D eigenvalue weighted by atomic mass is 10.2. The van der Waals surface area contributed by atoms with Crippen LogP contribution in [0.3, 0.4) is 0 Å². The van der Waals surface area contributed by atoms with Crippen molar-refractivity contribution in [1.82, 2.24) is 20.4 Å². The highest BCUT2D eigenvalue weighted by atomic mass is 16.6. The molecule has 128 valence electrons. The van der Waals surface area contributed by atoms with Gasteiger partial charge in [0.25, 0.3) is 0 Å². The monoisotopic (exact) mass is 314 g/mol. The third-order valence-corrected chi connectivity index (χ3v) is 3.16. The molecule has 0 aromatic rings. The van der Waals surface area contributed by atoms with E-state index < -0.39 is 5.60 Å². The molecule has 0 aromatic heterocycles. The van der Waals surface area contributed by atoms with E-state index in [1.807, 2.05) is 34.6 Å². The van der Waals surface area contributed by atoms with Crippen LogP contribution >= 0.6 is 0 Å². The Morgan fingerprint density at radius 1 is 1.14 bits per heavy atom. The minimum absolute atomic E-state index is 0.136. The number of piperazine rings is 1. The van der Waals surface area contributed by atoms with Crippen molar-refractivity contribution in [3.05, 3.63) is 0 Å². The van der Waals surface area contributed by atoms with Crippen molar-refractivity contribution in [3.8, 4) is 0 Å². The van der Waals surface area contributed by atoms with Gasteiger partial charge in [0, 0.05) is 45.3 Å². The second-order valence-corrected chi connectivity index (χ2v) is 6.86. The van der Waals surface area contributed by atoms with Gasteiger partial charge in [-0.05, 0) is 34.6 Å². The van der Waals surface area contributed by atoms with Crippen molar-refractivity contribution in [1.29, 1.82) is 0 Å². The Morgan fingerprint density at radius 2 is 1.73 bits per heavy atom. The van der Waals surface area contributed by atoms with Gasteiger partial charge in [-0.1, -0.05) is 0 Å². The topological polar surface area (TPSA) is 73.9 Å². The van der Waals surface area contributed by atoms with Crippen LogP contribution in [0.15, 0.2) is 0 Å². The minimum Gasteiger partial charge on any atom is -0.444 e. The van der Waals surface area contributed by atoms with Gasteiger partial charge in [0.2, 0.25) is 0 Å². The number of amides is 3. The van der Waals surface area contributed by atoms with Gasteiger partial charge in [0.05, 0.1) is 0 Å². The normalized spacial score (nSPS) is 16.5. The fourth-order valence-electron chi connectivity index (χ4n) is 2.12. The molecule has 3 amide bonds. The predicted octanol–water partition coefficient (Wildman–Crippen LogP) is 1.25. The van der Waals surface area contributed by atoms with Crippen LogP contribution in [0.1, 0.15) is 34.6 Å². The third kappa shape index (κ3) is 7.49. The van der Waals surface area contributed by atoms with Gasteiger partial charge in [-0.3, -0.25) is 4.90 Å². The number of hydrogen-bond acceptors (Lipinski definition) is 4. The van der Waals surface area contributed by atoms with Crippen LogP contribution in [0.4, 0.5) is 9.59 Å². The first-order valence-electron chi connectivity index (χ1n) is 7.92. The van der Waals surface area contributed by atoms with E-state index in [2.05, 4.69) is 15.5 Å². The van der Waals surface area contributed by atoms with Crippen molar-refractivity contribution in [2.75, 3.05) is 39.3 Å². The van der Waals surface area contributed by atoms with Crippen LogP contribution < -0.4 is 10.6 Å². The SMILES string of the molecule is CC(C)NC(=O)NCCN1CCN(C(=O)OC(C)(C)C)CC1. The van der Waals surface area contributed by atoms with E-state index in [0.717, 1.165) is 19.6 Å². The Labute approximate surface area is 133 Å². The Morgan fingerprint density at radius 3 is 2.23 bits per heavy atom. The van der Waals surface area contributed by atoms with Crippen LogP contribution in [0.25, 0.3) is 0 Å². The molecule has 7 nitrogen and oxygen atoms in total. The summed E-state index contributed by atoms with van der Waals surface area (Å²) in [6.45, 7) is 13.8. The van der Waals surface area contributed by atoms with Crippen LogP contribution in [0, 0.1) is 0 Å². The molecule has 22 heavy (non-hydrogen) atoms. The second-order valence-electron chi connectivity index (χ2n) is 6.86. The van der Waals surface area contributed by atoms with Gasteiger partial charge in [-0.25, -0.2) is 9.59 Å². The first-order valence-corrected chi connectivity index (χ1v) is 7.92. The molecule has 0 unspecified atom stereocenters. The van der Waals surface area contributed by atoms with Gasteiger partial charge >= 0.3 is 12.1 Å². The lowest BCUT2D eigenvalue weighted by Crippen LogP contribution is -2.51. The largest absolute Gasteiger partial charge is 0.444 e. The number of hydrogen-bond donors (Lipinski definition) is 2. The van der Waals surface area contributed by atoms with E-state index in [9.17, 15) is 9.59 Å². The predicted molar refractivity (Wildman–Crippen MR) is 85.9 cm³/mol. The third-order valence-electron chi connectivity index (χ3n) is 3.16. The van der Waals surface area contributed by atoms with Crippen molar-refractivity contribution in [2.45, 2.75) is 46.3 Å². The second kappa shape index (κ2) is 8.22. The van der Waals surface area contributed by atoms with E-state index in [1.165, 1.54) is 0 Å². The Hall–Kier alpha value is -1.50. The van der Waals surface area contributed by atoms with Crippen molar-refractivity contribution in [2.24, 2.45) is 0 Å². The van der Waals surface area contributed by atoms with Gasteiger partial charge in [-0.2, -0.15) is 0 Å². The van der Waals surface area contributed by atoms with Gasteiger partial charge in [0.15, 0.2) is 0 Å². The zero-order chi connectivity index (χ0) is 16.8. The number of carbonyl (C=O) groups excluding carboxylic acids is 2. The molecular weight excluding hydrogens is 284 g/mol. The standard InChI is InChI=1S/C15H30N4O3/c1-12(2)17-13(20)16-6-7-18-8-10-19(11-9-18)14(21)22-15(3,4)5/h12H,6-11H2,1-5H3,(H2,16,17,20). The summed E-state index contributed by atoms with van der Waals surface area (Å²) < 4.78 is 5.37. The number of ether oxygens (including phenoxy) is 1. The summed E-state index contributed by atoms with van der Waals surface area (Å²) in [5, 5.41) is 5.62. The fourth-order valence-corrected chi connectivity index (χ4v) is 2.12. The lowest BCUT2D eigenvalue weighted by molar-refractivity contribution is 0.0147. The van der Waals surface area contributed by atoms with E-state index in [0.29, 0.717) is 19.6 Å². The highest BCUT2D eigenvalue weighted by Gasteiger charge is 2.25. The molecule has 1 fully saturated rings. The number of carbonyl (C=O) groups is 2. The summed E-state index contributed by atoms with van der Waals surface area (Å²) in [7, 11) is 0. The maximum absolute atomic E-state index is 11.9. The first kappa shape index (κ1) is 18.5. The van der Waals surface area contributed by atoms with Crippen molar-refractivity contribution < 1.29 is 14.3 Å². The van der Waals surface area contributed by atoms with E-state index in [4.69, 9.17) is 4.74 Å². The van der Waals surface area contributed by atoms with Gasteiger partial charge in [0.1, 0.15) is 5.60 Å². The molecule has 1 aliphatic heterocycles. The summed E-state index contributed by atoms with van der Waals surface area (Å²) in [5.41, 5.74) is -0.456. The number of nitrogens with zero attached hydrogens (tertiary/aromatic N) is 2. The fraction of sp³-hybridized carbons (Fsp3) is 0.867. The van der Waals surface area contributed by atoms with Gasteiger partial charge in [-0.15, -0.1) is 0 Å². The number of nitrogens with one attached hydrogen (secondary N) is 2. The van der Waals surface area contributed by atoms with Crippen LogP contribution in [0.5, 0.6) is 0 Å². The molecule has 0 aliphatic carbocycles. The Bertz CT molecular complexity index is 371. The van der Waals surface area contributed by atoms with E-state index in [-0.39, 0.29) is 18.2 Å². The molecule has 0 aromatic carbocycles. The lowest BCUT2D eigenvalue weighted by Gasteiger charge is -2.35. The number of urea groups is 1. The minimum atomic E-state index is -0.456. The average Bonchev–Trinajstić information content (AvgIpc) is 2.36. The molecule has 0 bridgehead atoms. The molecule has 1 heterocycles. The molecule has 1 aliphatic rings. The smallest absolute Gasteiger partial charge is 0.410 e. The summed E-state index contributed by atoms with van der Waals surface area (Å²) in [4.78, 5) is 27.4. The zero-order valence-electron chi connectivity index (χ0n) is 14.4. The van der Waals surface area contributed by atoms with Crippen molar-refractivity contribution >= 4 is 12.1 Å². The first-order chi connectivity index (χ1) is 10.2. The molecule has 0 saturated carbocycles. The van der Waals surface area contributed by atoms with Crippen LogP contribution in [-0.2, 0) is 4.74 Å². The Balaban J connectivity index is 2.20. The molecule has 1 rings (SSSR count). The summed E-state index contributed by atoms with van der Waals surface area (Å²) in [6, 6.07) is -0.000218. The Kier molecular flexibility index (Phi) is 6.93. The summed E-state index contributed by atoms with van der Waals surface area (Å²) >= 11 is 0. The van der Waals surface area contributed by atoms with Crippen molar-refractivity contribution in [3.63, 3.8) is 0 Å². The molecule has 7 heteroatoms. The molecular formula is C15H30N4O3. The molecule has 2 N–H and O–H groups in total. The quantitative estimate of drug-likeness (QED) is 0.819. The molecule has 0 radical (unpaired) electrons. The molecule has 0 atom stereocenters. The summed E-state index contributed by atoms with van der Waals surface area (Å²) in [5.74, 6) is 0. The maximum Gasteiger partial charge on any atom is 0.410 e. The highest BCUT2D eigenvalue weighted by molar-refractivity contribution is 5.74. The van der Waals surface area contributed by atoms with Crippen LogP contribution in [0.2, 0.25) is 0 Å². The van der Waals surface area contributed by atoms with E-state index >= 15 is 0 Å². The van der Waals surface area contributed by atoms with Crippen LogP contribution in [-0.4, -0.2) is 72.8 Å². The van der Waals surface area contributed by atoms with Gasteiger partial charge < -0.3 is 20.3 Å². The average molecular weight is 314 g/mol. The van der Waals surface area contributed by atoms with E-state index in [1.54, 1.807) is 4.90 Å².